The van der Waals surface area contributed by atoms with Crippen molar-refractivity contribution in [3.8, 4) is 16.9 Å². The molecule has 0 bridgehead atoms. The van der Waals surface area contributed by atoms with Crippen LogP contribution in [-0.4, -0.2) is 28.3 Å². The van der Waals surface area contributed by atoms with E-state index in [2.05, 4.69) is 17.4 Å². The van der Waals surface area contributed by atoms with Crippen molar-refractivity contribution >= 4 is 23.4 Å². The lowest BCUT2D eigenvalue weighted by Gasteiger charge is -2.28. The van der Waals surface area contributed by atoms with Gasteiger partial charge in [0.25, 0.3) is 5.91 Å². The van der Waals surface area contributed by atoms with E-state index >= 15 is 0 Å². The van der Waals surface area contributed by atoms with Crippen molar-refractivity contribution in [3.05, 3.63) is 72.3 Å². The summed E-state index contributed by atoms with van der Waals surface area (Å²) in [6, 6.07) is 21.1. The lowest BCUT2D eigenvalue weighted by atomic mass is 9.92. The number of amides is 1. The van der Waals surface area contributed by atoms with Crippen molar-refractivity contribution in [1.82, 2.24) is 0 Å². The summed E-state index contributed by atoms with van der Waals surface area (Å²) in [5, 5.41) is 22.8. The van der Waals surface area contributed by atoms with Crippen LogP contribution in [0.4, 0.5) is 5.69 Å². The molecule has 0 radical (unpaired) electrons. The van der Waals surface area contributed by atoms with Gasteiger partial charge in [0.1, 0.15) is 5.75 Å². The van der Waals surface area contributed by atoms with Crippen molar-refractivity contribution in [2.45, 2.75) is 47.6 Å². The van der Waals surface area contributed by atoms with Crippen LogP contribution < -0.4 is 11.1 Å². The number of aliphatic hydroxyl groups is 1. The number of carbonyl (C=O) groups excluding carboxylic acids is 1. The normalized spacial score (nSPS) is 18.5. The van der Waals surface area contributed by atoms with Gasteiger partial charge in [-0.1, -0.05) is 36.0 Å². The first kappa shape index (κ1) is 21.3. The summed E-state index contributed by atoms with van der Waals surface area (Å²) in [7, 11) is 0. The van der Waals surface area contributed by atoms with Gasteiger partial charge in [-0.05, 0) is 79.3 Å². The van der Waals surface area contributed by atoms with E-state index in [4.69, 9.17) is 5.73 Å². The standard InChI is InChI=1S/C25H26N2O3S/c26-25(30)22-14-5-16(15-23(22)27-17-6-8-18(28)9-7-17)21-3-1-2-4-24(21)31-20-12-10-19(29)11-13-20/h1-5,10-15,17-18,27-29H,6-9H2,(H2,26,30). The number of benzene rings is 3. The molecule has 0 aromatic heterocycles. The second kappa shape index (κ2) is 9.45. The lowest BCUT2D eigenvalue weighted by molar-refractivity contribution is 0.100. The van der Waals surface area contributed by atoms with E-state index in [0.29, 0.717) is 5.56 Å². The zero-order chi connectivity index (χ0) is 21.8. The van der Waals surface area contributed by atoms with Crippen LogP contribution in [0.1, 0.15) is 36.0 Å². The number of aliphatic hydroxyl groups excluding tert-OH is 1. The Bertz CT molecular complexity index is 1060. The van der Waals surface area contributed by atoms with Crippen LogP contribution in [0.5, 0.6) is 5.75 Å². The molecule has 0 aliphatic heterocycles. The Morgan fingerprint density at radius 2 is 1.68 bits per heavy atom. The predicted molar refractivity (Wildman–Crippen MR) is 125 cm³/mol. The first-order valence-electron chi connectivity index (χ1n) is 10.4. The summed E-state index contributed by atoms with van der Waals surface area (Å²) in [6.07, 6.45) is 3.00. The number of hydrogen-bond donors (Lipinski definition) is 4. The van der Waals surface area contributed by atoms with Gasteiger partial charge in [-0.3, -0.25) is 4.79 Å². The minimum absolute atomic E-state index is 0.207. The number of aromatic hydroxyl groups is 1. The fourth-order valence-electron chi connectivity index (χ4n) is 3.92. The minimum Gasteiger partial charge on any atom is -0.508 e. The highest BCUT2D eigenvalue weighted by Gasteiger charge is 2.21. The van der Waals surface area contributed by atoms with Gasteiger partial charge in [0.15, 0.2) is 0 Å². The summed E-state index contributed by atoms with van der Waals surface area (Å²) in [5.74, 6) is -0.220. The SMILES string of the molecule is NC(=O)c1ccc(-c2ccccc2Sc2ccc(O)cc2)cc1NC1CCC(O)CC1. The van der Waals surface area contributed by atoms with Gasteiger partial charge >= 0.3 is 0 Å². The molecule has 1 fully saturated rings. The highest BCUT2D eigenvalue weighted by Crippen LogP contribution is 2.38. The van der Waals surface area contributed by atoms with Gasteiger partial charge in [-0.2, -0.15) is 0 Å². The molecule has 0 heterocycles. The van der Waals surface area contributed by atoms with Crippen molar-refractivity contribution in [3.63, 3.8) is 0 Å². The third-order valence-electron chi connectivity index (χ3n) is 5.60. The Balaban J connectivity index is 1.65. The number of phenols is 1. The van der Waals surface area contributed by atoms with Crippen LogP contribution in [-0.2, 0) is 0 Å². The molecule has 0 unspecified atom stereocenters. The van der Waals surface area contributed by atoms with E-state index in [0.717, 1.165) is 52.3 Å². The van der Waals surface area contributed by atoms with E-state index in [9.17, 15) is 15.0 Å². The number of primary amides is 1. The number of nitrogens with one attached hydrogen (secondary N) is 1. The molecule has 6 heteroatoms. The van der Waals surface area contributed by atoms with Crippen LogP contribution >= 0.6 is 11.8 Å². The van der Waals surface area contributed by atoms with Gasteiger partial charge < -0.3 is 21.3 Å². The number of anilines is 1. The molecule has 1 aliphatic rings. The molecule has 160 valence electrons. The van der Waals surface area contributed by atoms with Crippen LogP contribution in [0.2, 0.25) is 0 Å². The molecule has 1 saturated carbocycles. The highest BCUT2D eigenvalue weighted by molar-refractivity contribution is 7.99. The van der Waals surface area contributed by atoms with Gasteiger partial charge in [0.2, 0.25) is 0 Å². The zero-order valence-corrected chi connectivity index (χ0v) is 17.9. The first-order valence-corrected chi connectivity index (χ1v) is 11.3. The molecule has 0 atom stereocenters. The maximum atomic E-state index is 12.0. The molecule has 0 spiro atoms. The van der Waals surface area contributed by atoms with Gasteiger partial charge in [-0.25, -0.2) is 0 Å². The molecule has 31 heavy (non-hydrogen) atoms. The van der Waals surface area contributed by atoms with Crippen molar-refractivity contribution in [2.24, 2.45) is 5.73 Å². The molecular weight excluding hydrogens is 408 g/mol. The van der Waals surface area contributed by atoms with Gasteiger partial charge in [0, 0.05) is 21.5 Å². The number of nitrogens with two attached hydrogens (primary N) is 1. The Morgan fingerprint density at radius 3 is 2.39 bits per heavy atom. The van der Waals surface area contributed by atoms with E-state index in [1.807, 2.05) is 36.4 Å². The van der Waals surface area contributed by atoms with E-state index < -0.39 is 5.91 Å². The number of rotatable bonds is 6. The lowest BCUT2D eigenvalue weighted by Crippen LogP contribution is -2.29. The monoisotopic (exact) mass is 434 g/mol. The molecular formula is C25H26N2O3S. The quantitative estimate of drug-likeness (QED) is 0.437. The molecule has 5 nitrogen and oxygen atoms in total. The molecule has 4 rings (SSSR count). The molecule has 1 aliphatic carbocycles. The Kier molecular flexibility index (Phi) is 6.49. The zero-order valence-electron chi connectivity index (χ0n) is 17.1. The second-order valence-corrected chi connectivity index (χ2v) is 8.98. The van der Waals surface area contributed by atoms with Crippen molar-refractivity contribution in [2.75, 3.05) is 5.32 Å². The van der Waals surface area contributed by atoms with Crippen LogP contribution in [0.15, 0.2) is 76.5 Å². The predicted octanol–water partition coefficient (Wildman–Crippen LogP) is 5.02. The van der Waals surface area contributed by atoms with Crippen molar-refractivity contribution < 1.29 is 15.0 Å². The maximum Gasteiger partial charge on any atom is 0.250 e. The molecule has 5 N–H and O–H groups in total. The summed E-state index contributed by atoms with van der Waals surface area (Å²) in [5.41, 5.74) is 8.88. The number of carbonyl (C=O) groups is 1. The number of hydrogen-bond acceptors (Lipinski definition) is 5. The second-order valence-electron chi connectivity index (χ2n) is 7.87. The fourth-order valence-corrected chi connectivity index (χ4v) is 4.89. The van der Waals surface area contributed by atoms with E-state index in [-0.39, 0.29) is 17.9 Å². The smallest absolute Gasteiger partial charge is 0.250 e. The third-order valence-corrected chi connectivity index (χ3v) is 6.69. The molecule has 3 aromatic carbocycles. The van der Waals surface area contributed by atoms with E-state index in [1.165, 1.54) is 0 Å². The van der Waals surface area contributed by atoms with Crippen LogP contribution in [0.3, 0.4) is 0 Å². The Hall–Kier alpha value is -2.96. The van der Waals surface area contributed by atoms with Crippen LogP contribution in [0, 0.1) is 0 Å². The first-order chi connectivity index (χ1) is 15.0. The minimum atomic E-state index is -0.461. The summed E-state index contributed by atoms with van der Waals surface area (Å²) < 4.78 is 0. The topological polar surface area (TPSA) is 95.6 Å². The third kappa shape index (κ3) is 5.21. The molecule has 0 saturated heterocycles. The van der Waals surface area contributed by atoms with E-state index in [1.54, 1.807) is 30.0 Å². The van der Waals surface area contributed by atoms with Gasteiger partial charge in [0.05, 0.1) is 11.7 Å². The Labute approximate surface area is 186 Å². The maximum absolute atomic E-state index is 12.0. The fraction of sp³-hybridized carbons (Fsp3) is 0.240. The molecule has 1 amide bonds. The average molecular weight is 435 g/mol. The highest BCUT2D eigenvalue weighted by atomic mass is 32.2. The average Bonchev–Trinajstić information content (AvgIpc) is 2.77. The van der Waals surface area contributed by atoms with Crippen LogP contribution in [0.25, 0.3) is 11.1 Å². The van der Waals surface area contributed by atoms with Crippen molar-refractivity contribution in [1.29, 1.82) is 0 Å². The summed E-state index contributed by atoms with van der Waals surface area (Å²) >= 11 is 1.62. The molecule has 3 aromatic rings. The van der Waals surface area contributed by atoms with Gasteiger partial charge in [-0.15, -0.1) is 0 Å². The largest absolute Gasteiger partial charge is 0.508 e. The Morgan fingerprint density at radius 1 is 0.968 bits per heavy atom. The number of phenolic OH excluding ortho intramolecular Hbond substituents is 1. The summed E-state index contributed by atoms with van der Waals surface area (Å²) in [4.78, 5) is 14.1. The summed E-state index contributed by atoms with van der Waals surface area (Å²) in [6.45, 7) is 0.